The summed E-state index contributed by atoms with van der Waals surface area (Å²) < 4.78 is 12.7. The zero-order valence-electron chi connectivity index (χ0n) is 15.1. The van der Waals surface area contributed by atoms with Crippen LogP contribution in [0.15, 0.2) is 16.6 Å². The fourth-order valence-corrected chi connectivity index (χ4v) is 3.94. The smallest absolute Gasteiger partial charge is 0.410 e. The number of benzene rings is 1. The molecule has 0 saturated carbocycles. The molecule has 1 spiro atoms. The molecular weight excluding hydrogens is 386 g/mol. The zero-order valence-corrected chi connectivity index (χ0v) is 16.7. The van der Waals surface area contributed by atoms with E-state index in [1.165, 1.54) is 0 Å². The monoisotopic (exact) mass is 409 g/mol. The van der Waals surface area contributed by atoms with Gasteiger partial charge in [0.15, 0.2) is 5.78 Å². The number of aryl methyl sites for hydroxylation is 1. The summed E-state index contributed by atoms with van der Waals surface area (Å²) in [6.45, 7) is 8.50. The SMILES string of the molecule is CCc1cc(Br)cc2c1OC1(CCN(C(=O)OC(C)(C)C)C1)CC2=O. The van der Waals surface area contributed by atoms with E-state index >= 15 is 0 Å². The molecule has 5 nitrogen and oxygen atoms in total. The fourth-order valence-electron chi connectivity index (χ4n) is 3.44. The van der Waals surface area contributed by atoms with Gasteiger partial charge >= 0.3 is 6.09 Å². The van der Waals surface area contributed by atoms with Crippen LogP contribution in [-0.4, -0.2) is 41.1 Å². The molecule has 136 valence electrons. The molecule has 6 heteroatoms. The number of Topliss-reactive ketones (excluding diaryl/α,β-unsaturated/α-hetero) is 1. The van der Waals surface area contributed by atoms with E-state index in [0.717, 1.165) is 16.5 Å². The van der Waals surface area contributed by atoms with Crippen molar-refractivity contribution in [2.45, 2.75) is 58.2 Å². The summed E-state index contributed by atoms with van der Waals surface area (Å²) in [5.74, 6) is 0.747. The van der Waals surface area contributed by atoms with Crippen LogP contribution in [0.3, 0.4) is 0 Å². The topological polar surface area (TPSA) is 55.8 Å². The van der Waals surface area contributed by atoms with E-state index < -0.39 is 11.2 Å². The summed E-state index contributed by atoms with van der Waals surface area (Å²) >= 11 is 3.46. The third kappa shape index (κ3) is 3.68. The second-order valence-electron chi connectivity index (χ2n) is 7.83. The Labute approximate surface area is 156 Å². The third-order valence-corrected chi connectivity index (χ3v) is 5.04. The second kappa shape index (κ2) is 6.31. The second-order valence-corrected chi connectivity index (χ2v) is 8.75. The molecule has 0 aliphatic carbocycles. The van der Waals surface area contributed by atoms with Crippen molar-refractivity contribution in [2.75, 3.05) is 13.1 Å². The first-order valence-corrected chi connectivity index (χ1v) is 9.44. The molecule has 2 aliphatic rings. The zero-order chi connectivity index (χ0) is 18.4. The molecule has 1 saturated heterocycles. The molecule has 0 aromatic heterocycles. The molecule has 0 N–H and O–H groups in total. The lowest BCUT2D eigenvalue weighted by molar-refractivity contribution is 0.0169. The highest BCUT2D eigenvalue weighted by molar-refractivity contribution is 9.10. The van der Waals surface area contributed by atoms with Crippen molar-refractivity contribution in [3.8, 4) is 5.75 Å². The van der Waals surface area contributed by atoms with Gasteiger partial charge in [0.25, 0.3) is 0 Å². The van der Waals surface area contributed by atoms with Gasteiger partial charge in [0.05, 0.1) is 18.5 Å². The fraction of sp³-hybridized carbons (Fsp3) is 0.579. The van der Waals surface area contributed by atoms with Gasteiger partial charge in [-0.25, -0.2) is 4.79 Å². The lowest BCUT2D eigenvalue weighted by Crippen LogP contribution is -2.46. The standard InChI is InChI=1S/C19H24BrNO4/c1-5-12-8-13(20)9-14-15(22)10-19(24-16(12)14)6-7-21(11-19)17(23)25-18(2,3)4/h8-9H,5-7,10-11H2,1-4H3. The Balaban J connectivity index is 1.84. The summed E-state index contributed by atoms with van der Waals surface area (Å²) in [6, 6.07) is 3.82. The summed E-state index contributed by atoms with van der Waals surface area (Å²) in [5.41, 5.74) is 0.461. The van der Waals surface area contributed by atoms with Crippen LogP contribution in [-0.2, 0) is 11.2 Å². The molecule has 1 atom stereocenters. The van der Waals surface area contributed by atoms with Gasteiger partial charge in [-0.3, -0.25) is 4.79 Å². The van der Waals surface area contributed by atoms with Gasteiger partial charge < -0.3 is 14.4 Å². The first-order valence-electron chi connectivity index (χ1n) is 8.65. The predicted octanol–water partition coefficient (Wildman–Crippen LogP) is 4.36. The molecule has 0 bridgehead atoms. The maximum atomic E-state index is 12.7. The Bertz CT molecular complexity index is 725. The van der Waals surface area contributed by atoms with Crippen molar-refractivity contribution in [3.05, 3.63) is 27.7 Å². The summed E-state index contributed by atoms with van der Waals surface area (Å²) in [6.07, 6.45) is 1.36. The molecule has 0 radical (unpaired) electrons. The normalized spacial score (nSPS) is 22.8. The quantitative estimate of drug-likeness (QED) is 0.691. The lowest BCUT2D eigenvalue weighted by Gasteiger charge is -2.36. The van der Waals surface area contributed by atoms with Crippen LogP contribution in [0.5, 0.6) is 5.75 Å². The van der Waals surface area contributed by atoms with Gasteiger partial charge in [0, 0.05) is 17.4 Å². The average Bonchev–Trinajstić information content (AvgIpc) is 2.89. The van der Waals surface area contributed by atoms with Crippen LogP contribution in [0, 0.1) is 0 Å². The highest BCUT2D eigenvalue weighted by Crippen LogP contribution is 2.42. The molecule has 1 unspecified atom stereocenters. The van der Waals surface area contributed by atoms with Crippen LogP contribution in [0.25, 0.3) is 0 Å². The van der Waals surface area contributed by atoms with Crippen molar-refractivity contribution in [3.63, 3.8) is 0 Å². The van der Waals surface area contributed by atoms with Gasteiger partial charge in [-0.05, 0) is 44.9 Å². The van der Waals surface area contributed by atoms with Gasteiger partial charge in [-0.1, -0.05) is 22.9 Å². The highest BCUT2D eigenvalue weighted by atomic mass is 79.9. The molecule has 1 amide bonds. The van der Waals surface area contributed by atoms with E-state index in [4.69, 9.17) is 9.47 Å². The number of halogens is 1. The number of carbonyl (C=O) groups excluding carboxylic acids is 2. The van der Waals surface area contributed by atoms with E-state index in [-0.39, 0.29) is 11.9 Å². The van der Waals surface area contributed by atoms with E-state index in [1.54, 1.807) is 4.90 Å². The van der Waals surface area contributed by atoms with Gasteiger partial charge in [0.2, 0.25) is 0 Å². The molecule has 1 aromatic rings. The van der Waals surface area contributed by atoms with Crippen LogP contribution < -0.4 is 4.74 Å². The van der Waals surface area contributed by atoms with Crippen LogP contribution in [0.2, 0.25) is 0 Å². The minimum atomic E-state index is -0.640. The number of fused-ring (bicyclic) bond motifs is 1. The number of amides is 1. The average molecular weight is 410 g/mol. The first kappa shape index (κ1) is 18.2. The number of nitrogens with zero attached hydrogens (tertiary/aromatic N) is 1. The summed E-state index contributed by atoms with van der Waals surface area (Å²) in [7, 11) is 0. The van der Waals surface area contributed by atoms with Gasteiger partial charge in [0.1, 0.15) is 17.0 Å². The highest BCUT2D eigenvalue weighted by Gasteiger charge is 2.48. The molecule has 2 heterocycles. The number of ketones is 1. The molecule has 1 aromatic carbocycles. The Morgan fingerprint density at radius 2 is 2.12 bits per heavy atom. The number of hydrogen-bond donors (Lipinski definition) is 0. The molecule has 25 heavy (non-hydrogen) atoms. The molecular formula is C19H24BrNO4. The molecule has 3 rings (SSSR count). The van der Waals surface area contributed by atoms with Crippen molar-refractivity contribution in [1.29, 1.82) is 0 Å². The van der Waals surface area contributed by atoms with Crippen LogP contribution in [0.4, 0.5) is 4.79 Å². The Morgan fingerprint density at radius 1 is 1.40 bits per heavy atom. The number of ether oxygens (including phenoxy) is 2. The van der Waals surface area contributed by atoms with Crippen molar-refractivity contribution >= 4 is 27.8 Å². The van der Waals surface area contributed by atoms with Crippen LogP contribution >= 0.6 is 15.9 Å². The van der Waals surface area contributed by atoms with E-state index in [0.29, 0.717) is 37.2 Å². The van der Waals surface area contributed by atoms with Gasteiger partial charge in [-0.15, -0.1) is 0 Å². The van der Waals surface area contributed by atoms with E-state index in [1.807, 2.05) is 39.8 Å². The molecule has 2 aliphatic heterocycles. The summed E-state index contributed by atoms with van der Waals surface area (Å²) in [4.78, 5) is 26.7. The van der Waals surface area contributed by atoms with Gasteiger partial charge in [-0.2, -0.15) is 0 Å². The Morgan fingerprint density at radius 3 is 2.76 bits per heavy atom. The minimum Gasteiger partial charge on any atom is -0.484 e. The number of hydrogen-bond acceptors (Lipinski definition) is 4. The van der Waals surface area contributed by atoms with Crippen molar-refractivity contribution in [2.24, 2.45) is 0 Å². The number of likely N-dealkylation sites (tertiary alicyclic amines) is 1. The first-order chi connectivity index (χ1) is 11.6. The molecule has 1 fully saturated rings. The lowest BCUT2D eigenvalue weighted by atomic mass is 9.88. The minimum absolute atomic E-state index is 0.0725. The summed E-state index contributed by atoms with van der Waals surface area (Å²) in [5, 5.41) is 0. The Kier molecular flexibility index (Phi) is 4.60. The Hall–Kier alpha value is -1.56. The largest absolute Gasteiger partial charge is 0.484 e. The maximum absolute atomic E-state index is 12.7. The third-order valence-electron chi connectivity index (χ3n) is 4.58. The predicted molar refractivity (Wildman–Crippen MR) is 98.3 cm³/mol. The number of carbonyl (C=O) groups is 2. The van der Waals surface area contributed by atoms with Crippen LogP contribution in [0.1, 0.15) is 56.5 Å². The van der Waals surface area contributed by atoms with Crippen molar-refractivity contribution < 1.29 is 19.1 Å². The maximum Gasteiger partial charge on any atom is 0.410 e. The van der Waals surface area contributed by atoms with Crippen molar-refractivity contribution in [1.82, 2.24) is 4.90 Å². The van der Waals surface area contributed by atoms with E-state index in [2.05, 4.69) is 15.9 Å². The number of rotatable bonds is 1. The van der Waals surface area contributed by atoms with E-state index in [9.17, 15) is 9.59 Å².